The SMILES string of the molecule is CCCNC(=O)[C@@H](C)N(Cc1cccc(Br)c1)C(=O)CN(c1cc(Cl)ccc1C)S(C)(=O)=O. The largest absolute Gasteiger partial charge is 0.354 e. The molecule has 10 heteroatoms. The monoisotopic (exact) mass is 557 g/mol. The fraction of sp³-hybridized carbons (Fsp3) is 0.391. The lowest BCUT2D eigenvalue weighted by Gasteiger charge is -2.32. The Morgan fingerprint density at radius 3 is 2.48 bits per heavy atom. The van der Waals surface area contributed by atoms with E-state index >= 15 is 0 Å². The van der Waals surface area contributed by atoms with Crippen LogP contribution in [0.3, 0.4) is 0 Å². The van der Waals surface area contributed by atoms with Gasteiger partial charge in [0.25, 0.3) is 0 Å². The summed E-state index contributed by atoms with van der Waals surface area (Å²) in [6.07, 6.45) is 1.80. The summed E-state index contributed by atoms with van der Waals surface area (Å²) in [4.78, 5) is 27.6. The van der Waals surface area contributed by atoms with E-state index in [1.165, 1.54) is 11.0 Å². The molecule has 0 aromatic heterocycles. The van der Waals surface area contributed by atoms with Crippen LogP contribution in [0.4, 0.5) is 5.69 Å². The molecule has 7 nitrogen and oxygen atoms in total. The highest BCUT2D eigenvalue weighted by molar-refractivity contribution is 9.10. The van der Waals surface area contributed by atoms with Crippen molar-refractivity contribution in [1.29, 1.82) is 0 Å². The van der Waals surface area contributed by atoms with Gasteiger partial charge in [-0.1, -0.05) is 52.7 Å². The van der Waals surface area contributed by atoms with Crippen LogP contribution in [0.15, 0.2) is 46.9 Å². The lowest BCUT2D eigenvalue weighted by atomic mass is 10.1. The molecule has 0 radical (unpaired) electrons. The smallest absolute Gasteiger partial charge is 0.244 e. The molecule has 0 fully saturated rings. The van der Waals surface area contributed by atoms with E-state index in [0.29, 0.717) is 22.8 Å². The first kappa shape index (κ1) is 27.1. The van der Waals surface area contributed by atoms with Gasteiger partial charge in [-0.05, 0) is 55.7 Å². The highest BCUT2D eigenvalue weighted by atomic mass is 79.9. The van der Waals surface area contributed by atoms with Crippen molar-refractivity contribution < 1.29 is 18.0 Å². The third kappa shape index (κ3) is 7.72. The van der Waals surface area contributed by atoms with Crippen molar-refractivity contribution in [3.63, 3.8) is 0 Å². The maximum Gasteiger partial charge on any atom is 0.244 e. The third-order valence-electron chi connectivity index (χ3n) is 5.08. The number of halogens is 2. The fourth-order valence-corrected chi connectivity index (χ4v) is 4.77. The Morgan fingerprint density at radius 1 is 1.18 bits per heavy atom. The van der Waals surface area contributed by atoms with E-state index in [1.807, 2.05) is 31.2 Å². The Hall–Kier alpha value is -2.10. The average molecular weight is 559 g/mol. The topological polar surface area (TPSA) is 86.8 Å². The Balaban J connectivity index is 2.42. The van der Waals surface area contributed by atoms with Gasteiger partial charge >= 0.3 is 0 Å². The van der Waals surface area contributed by atoms with Gasteiger partial charge in [-0.2, -0.15) is 0 Å². The number of nitrogens with one attached hydrogen (secondary N) is 1. The van der Waals surface area contributed by atoms with Crippen molar-refractivity contribution in [1.82, 2.24) is 10.2 Å². The molecule has 2 rings (SSSR count). The molecular formula is C23H29BrClN3O4S. The number of carbonyl (C=O) groups is 2. The molecule has 33 heavy (non-hydrogen) atoms. The van der Waals surface area contributed by atoms with E-state index in [4.69, 9.17) is 11.6 Å². The van der Waals surface area contributed by atoms with Gasteiger partial charge in [0.15, 0.2) is 0 Å². The van der Waals surface area contributed by atoms with E-state index in [2.05, 4.69) is 21.2 Å². The number of aryl methyl sites for hydroxylation is 1. The van der Waals surface area contributed by atoms with Crippen LogP contribution in [-0.4, -0.2) is 50.5 Å². The summed E-state index contributed by atoms with van der Waals surface area (Å²) in [6, 6.07) is 11.5. The molecule has 0 saturated heterocycles. The molecule has 0 bridgehead atoms. The van der Waals surface area contributed by atoms with Crippen LogP contribution in [0.1, 0.15) is 31.4 Å². The number of nitrogens with zero attached hydrogens (tertiary/aromatic N) is 2. The molecule has 0 aliphatic rings. The first-order chi connectivity index (χ1) is 15.4. The minimum atomic E-state index is -3.81. The van der Waals surface area contributed by atoms with Crippen LogP contribution in [0, 0.1) is 6.92 Å². The normalized spacial score (nSPS) is 12.2. The van der Waals surface area contributed by atoms with Crippen molar-refractivity contribution in [3.05, 3.63) is 63.1 Å². The molecule has 0 aliphatic carbocycles. The van der Waals surface area contributed by atoms with Gasteiger partial charge < -0.3 is 10.2 Å². The molecule has 180 valence electrons. The second kappa shape index (κ2) is 11.9. The van der Waals surface area contributed by atoms with Gasteiger partial charge in [0, 0.05) is 22.6 Å². The summed E-state index contributed by atoms with van der Waals surface area (Å²) >= 11 is 9.52. The predicted molar refractivity (Wildman–Crippen MR) is 136 cm³/mol. The number of benzene rings is 2. The molecule has 2 amide bonds. The first-order valence-electron chi connectivity index (χ1n) is 10.5. The molecule has 0 unspecified atom stereocenters. The highest BCUT2D eigenvalue weighted by Gasteiger charge is 2.30. The summed E-state index contributed by atoms with van der Waals surface area (Å²) in [5.74, 6) is -0.802. The predicted octanol–water partition coefficient (Wildman–Crippen LogP) is 4.12. The molecule has 2 aromatic rings. The standard InChI is InChI=1S/C23H29BrClN3O4S/c1-5-11-26-23(30)17(3)27(14-18-7-6-8-19(24)12-18)22(29)15-28(33(4,31)32)21-13-20(25)10-9-16(21)2/h6-10,12-13,17H,5,11,14-15H2,1-4H3,(H,26,30)/t17-/m1/s1. The first-order valence-corrected chi connectivity index (χ1v) is 13.5. The van der Waals surface area contributed by atoms with Crippen molar-refractivity contribution in [3.8, 4) is 0 Å². The van der Waals surface area contributed by atoms with Gasteiger partial charge in [-0.15, -0.1) is 0 Å². The van der Waals surface area contributed by atoms with E-state index in [9.17, 15) is 18.0 Å². The molecule has 0 heterocycles. The average Bonchev–Trinajstić information content (AvgIpc) is 2.74. The zero-order valence-electron chi connectivity index (χ0n) is 19.1. The van der Waals surface area contributed by atoms with Gasteiger partial charge in [-0.25, -0.2) is 8.42 Å². The van der Waals surface area contributed by atoms with Crippen molar-refractivity contribution in [2.24, 2.45) is 0 Å². The third-order valence-corrected chi connectivity index (χ3v) is 6.93. The molecule has 0 spiro atoms. The molecule has 2 aromatic carbocycles. The fourth-order valence-electron chi connectivity index (χ4n) is 3.26. The minimum absolute atomic E-state index is 0.144. The lowest BCUT2D eigenvalue weighted by Crippen LogP contribution is -2.51. The molecule has 0 aliphatic heterocycles. The summed E-state index contributed by atoms with van der Waals surface area (Å²) < 4.78 is 27.1. The number of anilines is 1. The van der Waals surface area contributed by atoms with E-state index in [1.54, 1.807) is 26.0 Å². The Bertz CT molecular complexity index is 1110. The van der Waals surface area contributed by atoms with Gasteiger partial charge in [0.1, 0.15) is 12.6 Å². The van der Waals surface area contributed by atoms with Crippen molar-refractivity contribution >= 4 is 55.1 Å². The number of hydrogen-bond donors (Lipinski definition) is 1. The van der Waals surface area contributed by atoms with Crippen LogP contribution in [-0.2, 0) is 26.2 Å². The molecular weight excluding hydrogens is 530 g/mol. The number of carbonyl (C=O) groups excluding carboxylic acids is 2. The second-order valence-corrected chi connectivity index (χ2v) is 11.1. The van der Waals surface area contributed by atoms with Crippen LogP contribution in [0.2, 0.25) is 5.02 Å². The zero-order valence-corrected chi connectivity index (χ0v) is 22.3. The molecule has 0 saturated carbocycles. The maximum absolute atomic E-state index is 13.5. The van der Waals surface area contributed by atoms with Crippen LogP contribution < -0.4 is 9.62 Å². The lowest BCUT2D eigenvalue weighted by molar-refractivity contribution is -0.139. The number of hydrogen-bond acceptors (Lipinski definition) is 4. The minimum Gasteiger partial charge on any atom is -0.354 e. The number of rotatable bonds is 10. The molecule has 1 N–H and O–H groups in total. The van der Waals surface area contributed by atoms with Gasteiger partial charge in [0.05, 0.1) is 11.9 Å². The van der Waals surface area contributed by atoms with E-state index < -0.39 is 28.5 Å². The van der Waals surface area contributed by atoms with Crippen molar-refractivity contribution in [2.75, 3.05) is 23.7 Å². The molecule has 1 atom stereocenters. The van der Waals surface area contributed by atoms with Crippen LogP contribution >= 0.6 is 27.5 Å². The number of amides is 2. The van der Waals surface area contributed by atoms with Crippen LogP contribution in [0.25, 0.3) is 0 Å². The Kier molecular flexibility index (Phi) is 9.75. The van der Waals surface area contributed by atoms with E-state index in [-0.39, 0.29) is 12.5 Å². The van der Waals surface area contributed by atoms with Crippen LogP contribution in [0.5, 0.6) is 0 Å². The summed E-state index contributed by atoms with van der Waals surface area (Å²) in [5, 5.41) is 3.16. The van der Waals surface area contributed by atoms with Gasteiger partial charge in [0.2, 0.25) is 21.8 Å². The Morgan fingerprint density at radius 2 is 1.88 bits per heavy atom. The summed E-state index contributed by atoms with van der Waals surface area (Å²) in [5.41, 5.74) is 1.78. The second-order valence-electron chi connectivity index (χ2n) is 7.82. The maximum atomic E-state index is 13.5. The van der Waals surface area contributed by atoms with E-state index in [0.717, 1.165) is 27.0 Å². The summed E-state index contributed by atoms with van der Waals surface area (Å²) in [6.45, 7) is 5.49. The highest BCUT2D eigenvalue weighted by Crippen LogP contribution is 2.27. The Labute approximate surface area is 209 Å². The quantitative estimate of drug-likeness (QED) is 0.475. The zero-order chi connectivity index (χ0) is 24.8. The number of sulfonamides is 1. The summed E-state index contributed by atoms with van der Waals surface area (Å²) in [7, 11) is -3.81. The van der Waals surface area contributed by atoms with Crippen molar-refractivity contribution in [2.45, 2.75) is 39.8 Å². The van der Waals surface area contributed by atoms with Gasteiger partial charge in [-0.3, -0.25) is 13.9 Å².